The zero-order valence-electron chi connectivity index (χ0n) is 13.2. The molecule has 116 valence electrons. The number of aliphatic carboxylic acids is 1. The molecule has 0 saturated heterocycles. The molecule has 1 atom stereocenters. The smallest absolute Gasteiger partial charge is 0.320 e. The third kappa shape index (κ3) is 5.10. The average Bonchev–Trinajstić information content (AvgIpc) is 2.41. The van der Waals surface area contributed by atoms with Crippen molar-refractivity contribution in [2.24, 2.45) is 0 Å². The lowest BCUT2D eigenvalue weighted by atomic mass is 10.1. The van der Waals surface area contributed by atoms with Gasteiger partial charge in [-0.15, -0.1) is 0 Å². The van der Waals surface area contributed by atoms with Crippen LogP contribution in [0.15, 0.2) is 24.3 Å². The van der Waals surface area contributed by atoms with Gasteiger partial charge in [-0.2, -0.15) is 0 Å². The van der Waals surface area contributed by atoms with Crippen molar-refractivity contribution in [2.45, 2.75) is 39.8 Å². The highest BCUT2D eigenvalue weighted by Crippen LogP contribution is 2.11. The number of urea groups is 1. The van der Waals surface area contributed by atoms with Gasteiger partial charge in [0.25, 0.3) is 0 Å². The topological polar surface area (TPSA) is 60.9 Å². The van der Waals surface area contributed by atoms with Crippen LogP contribution in [0.3, 0.4) is 0 Å². The predicted molar refractivity (Wildman–Crippen MR) is 82.1 cm³/mol. The van der Waals surface area contributed by atoms with Gasteiger partial charge in [-0.25, -0.2) is 4.79 Å². The number of carbonyl (C=O) groups excluding carboxylic acids is 1. The monoisotopic (exact) mass is 292 g/mol. The Kier molecular flexibility index (Phi) is 6.21. The molecule has 1 rings (SSSR count). The zero-order chi connectivity index (χ0) is 16.0. The van der Waals surface area contributed by atoms with Gasteiger partial charge in [0.05, 0.1) is 6.42 Å². The lowest BCUT2D eigenvalue weighted by Crippen LogP contribution is -2.46. The summed E-state index contributed by atoms with van der Waals surface area (Å²) < 4.78 is 0. The molecular weight excluding hydrogens is 268 g/mol. The number of hydrogen-bond donors (Lipinski definition) is 1. The van der Waals surface area contributed by atoms with Crippen LogP contribution in [0.25, 0.3) is 0 Å². The van der Waals surface area contributed by atoms with Crippen LogP contribution in [0.2, 0.25) is 0 Å². The van der Waals surface area contributed by atoms with Crippen molar-refractivity contribution in [3.63, 3.8) is 0 Å². The Hall–Kier alpha value is -2.04. The van der Waals surface area contributed by atoms with E-state index in [1.165, 1.54) is 5.56 Å². The standard InChI is InChI=1S/C16H24N2O3/c1-5-18(13(3)10-15(19)20)16(21)17(4)11-14-8-6-12(2)7-9-14/h6-9,13H,5,10-11H2,1-4H3,(H,19,20). The van der Waals surface area contributed by atoms with Gasteiger partial charge >= 0.3 is 12.0 Å². The fourth-order valence-corrected chi connectivity index (χ4v) is 2.25. The number of nitrogens with zero attached hydrogens (tertiary/aromatic N) is 2. The van der Waals surface area contributed by atoms with Crippen LogP contribution in [0, 0.1) is 6.92 Å². The van der Waals surface area contributed by atoms with Crippen molar-refractivity contribution in [1.82, 2.24) is 9.80 Å². The molecule has 0 aliphatic rings. The average molecular weight is 292 g/mol. The van der Waals surface area contributed by atoms with Crippen LogP contribution < -0.4 is 0 Å². The predicted octanol–water partition coefficient (Wildman–Crippen LogP) is 2.73. The second-order valence-electron chi connectivity index (χ2n) is 5.36. The van der Waals surface area contributed by atoms with Gasteiger partial charge in [-0.3, -0.25) is 4.79 Å². The molecule has 1 aromatic carbocycles. The molecule has 0 aromatic heterocycles. The summed E-state index contributed by atoms with van der Waals surface area (Å²) in [5.74, 6) is -0.894. The number of carboxylic acid groups (broad SMARTS) is 1. The minimum atomic E-state index is -0.894. The van der Waals surface area contributed by atoms with Crippen LogP contribution in [0.1, 0.15) is 31.4 Å². The van der Waals surface area contributed by atoms with E-state index in [9.17, 15) is 9.59 Å². The Morgan fingerprint density at radius 3 is 2.29 bits per heavy atom. The fraction of sp³-hybridized carbons (Fsp3) is 0.500. The highest BCUT2D eigenvalue weighted by atomic mass is 16.4. The summed E-state index contributed by atoms with van der Waals surface area (Å²) in [7, 11) is 1.73. The zero-order valence-corrected chi connectivity index (χ0v) is 13.2. The van der Waals surface area contributed by atoms with Crippen molar-refractivity contribution in [1.29, 1.82) is 0 Å². The molecule has 21 heavy (non-hydrogen) atoms. The van der Waals surface area contributed by atoms with Gasteiger partial charge < -0.3 is 14.9 Å². The van der Waals surface area contributed by atoms with E-state index in [4.69, 9.17) is 5.11 Å². The maximum atomic E-state index is 12.4. The van der Waals surface area contributed by atoms with Crippen molar-refractivity contribution < 1.29 is 14.7 Å². The molecule has 0 aliphatic carbocycles. The highest BCUT2D eigenvalue weighted by molar-refractivity contribution is 5.75. The first-order valence-corrected chi connectivity index (χ1v) is 7.14. The summed E-state index contributed by atoms with van der Waals surface area (Å²) in [6.07, 6.45) is -0.0437. The van der Waals surface area contributed by atoms with E-state index < -0.39 is 5.97 Å². The van der Waals surface area contributed by atoms with E-state index in [0.717, 1.165) is 5.56 Å². The summed E-state index contributed by atoms with van der Waals surface area (Å²) in [4.78, 5) is 26.4. The van der Waals surface area contributed by atoms with Gasteiger partial charge in [-0.05, 0) is 26.3 Å². The van der Waals surface area contributed by atoms with Crippen molar-refractivity contribution in [3.8, 4) is 0 Å². The minimum Gasteiger partial charge on any atom is -0.481 e. The fourth-order valence-electron chi connectivity index (χ4n) is 2.25. The second kappa shape index (κ2) is 7.67. The molecule has 0 radical (unpaired) electrons. The molecule has 0 spiro atoms. The molecule has 5 nitrogen and oxygen atoms in total. The largest absolute Gasteiger partial charge is 0.481 e. The lowest BCUT2D eigenvalue weighted by molar-refractivity contribution is -0.138. The Balaban J connectivity index is 2.70. The SMILES string of the molecule is CCN(C(=O)N(C)Cc1ccc(C)cc1)C(C)CC(=O)O. The first-order valence-electron chi connectivity index (χ1n) is 7.14. The van der Waals surface area contributed by atoms with E-state index >= 15 is 0 Å². The molecule has 0 bridgehead atoms. The first-order chi connectivity index (χ1) is 9.85. The van der Waals surface area contributed by atoms with Gasteiger partial charge in [0.1, 0.15) is 0 Å². The van der Waals surface area contributed by atoms with Crippen LogP contribution in [-0.4, -0.2) is 46.5 Å². The Labute approximate surface area is 126 Å². The molecule has 1 unspecified atom stereocenters. The Bertz CT molecular complexity index is 485. The summed E-state index contributed by atoms with van der Waals surface area (Å²) in [6, 6.07) is 7.55. The van der Waals surface area contributed by atoms with Gasteiger partial charge in [0.15, 0.2) is 0 Å². The lowest BCUT2D eigenvalue weighted by Gasteiger charge is -2.31. The number of benzene rings is 1. The highest BCUT2D eigenvalue weighted by Gasteiger charge is 2.23. The number of amides is 2. The number of aryl methyl sites for hydroxylation is 1. The number of hydrogen-bond acceptors (Lipinski definition) is 2. The Morgan fingerprint density at radius 2 is 1.81 bits per heavy atom. The van der Waals surface area contributed by atoms with Crippen LogP contribution in [0.5, 0.6) is 0 Å². The Morgan fingerprint density at radius 1 is 1.24 bits per heavy atom. The van der Waals surface area contributed by atoms with E-state index in [1.807, 2.05) is 38.1 Å². The summed E-state index contributed by atoms with van der Waals surface area (Å²) >= 11 is 0. The maximum absolute atomic E-state index is 12.4. The van der Waals surface area contributed by atoms with Crippen LogP contribution in [0.4, 0.5) is 4.79 Å². The quantitative estimate of drug-likeness (QED) is 0.877. The normalized spacial score (nSPS) is 11.8. The van der Waals surface area contributed by atoms with Gasteiger partial charge in [0.2, 0.25) is 0 Å². The second-order valence-corrected chi connectivity index (χ2v) is 5.36. The molecule has 0 fully saturated rings. The van der Waals surface area contributed by atoms with E-state index in [2.05, 4.69) is 0 Å². The van der Waals surface area contributed by atoms with E-state index in [-0.39, 0.29) is 18.5 Å². The summed E-state index contributed by atoms with van der Waals surface area (Å²) in [5.41, 5.74) is 2.23. The van der Waals surface area contributed by atoms with Crippen LogP contribution >= 0.6 is 0 Å². The third-order valence-electron chi connectivity index (χ3n) is 3.46. The molecule has 0 saturated carbocycles. The van der Waals surface area contributed by atoms with E-state index in [0.29, 0.717) is 13.1 Å². The maximum Gasteiger partial charge on any atom is 0.320 e. The minimum absolute atomic E-state index is 0.0437. The molecule has 5 heteroatoms. The number of carboxylic acids is 1. The number of carbonyl (C=O) groups is 2. The first kappa shape index (κ1) is 17.0. The molecule has 2 amide bonds. The van der Waals surface area contributed by atoms with Crippen molar-refractivity contribution in [2.75, 3.05) is 13.6 Å². The van der Waals surface area contributed by atoms with Crippen molar-refractivity contribution >= 4 is 12.0 Å². The molecule has 1 N–H and O–H groups in total. The summed E-state index contributed by atoms with van der Waals surface area (Å²) in [5, 5.41) is 8.86. The molecular formula is C16H24N2O3. The molecule has 0 aliphatic heterocycles. The van der Waals surface area contributed by atoms with Gasteiger partial charge in [-0.1, -0.05) is 29.8 Å². The molecule has 1 aromatic rings. The van der Waals surface area contributed by atoms with Crippen LogP contribution in [-0.2, 0) is 11.3 Å². The summed E-state index contributed by atoms with van der Waals surface area (Å²) in [6.45, 7) is 6.64. The van der Waals surface area contributed by atoms with Gasteiger partial charge in [0, 0.05) is 26.2 Å². The number of rotatable bonds is 6. The van der Waals surface area contributed by atoms with Crippen molar-refractivity contribution in [3.05, 3.63) is 35.4 Å². The third-order valence-corrected chi connectivity index (χ3v) is 3.46. The van der Waals surface area contributed by atoms with E-state index in [1.54, 1.807) is 23.8 Å². The molecule has 0 heterocycles.